The summed E-state index contributed by atoms with van der Waals surface area (Å²) in [4.78, 5) is 26.6. The topological polar surface area (TPSA) is 53.0 Å². The van der Waals surface area contributed by atoms with Crippen molar-refractivity contribution in [1.82, 2.24) is 4.90 Å². The van der Waals surface area contributed by atoms with E-state index in [0.717, 1.165) is 11.4 Å². The van der Waals surface area contributed by atoms with Gasteiger partial charge in [-0.25, -0.2) is 5.01 Å². The van der Waals surface area contributed by atoms with Gasteiger partial charge in [-0.1, -0.05) is 29.4 Å². The van der Waals surface area contributed by atoms with Crippen molar-refractivity contribution in [3.63, 3.8) is 0 Å². The number of hydrazone groups is 1. The Morgan fingerprint density at radius 2 is 1.92 bits per heavy atom. The summed E-state index contributed by atoms with van der Waals surface area (Å²) in [6, 6.07) is 7.30. The van der Waals surface area contributed by atoms with Gasteiger partial charge < -0.3 is 4.90 Å². The number of nitrogens with zero attached hydrogens (tertiary/aromatic N) is 3. The predicted octanol–water partition coefficient (Wildman–Crippen LogP) is 3.91. The number of allylic oxidation sites excluding steroid dienone is 2. The molecule has 3 rings (SSSR count). The minimum Gasteiger partial charge on any atom is -0.335 e. The lowest BCUT2D eigenvalue weighted by Crippen LogP contribution is -2.47. The summed E-state index contributed by atoms with van der Waals surface area (Å²) in [5.74, 6) is -0.101. The molecule has 8 heteroatoms. The van der Waals surface area contributed by atoms with E-state index in [-0.39, 0.29) is 11.6 Å². The van der Waals surface area contributed by atoms with E-state index in [9.17, 15) is 9.59 Å². The number of Topliss-reactive ketones (excluding diaryl/α,β-unsaturated/α-hetero) is 2. The normalized spacial score (nSPS) is 23.3. The predicted molar refractivity (Wildman–Crippen MR) is 101 cm³/mol. The fourth-order valence-corrected chi connectivity index (χ4v) is 5.62. The second-order valence-corrected chi connectivity index (χ2v) is 8.57. The Labute approximate surface area is 154 Å². The van der Waals surface area contributed by atoms with Crippen LogP contribution >= 0.6 is 35.1 Å². The molecule has 0 bridgehead atoms. The van der Waals surface area contributed by atoms with Gasteiger partial charge in [-0.3, -0.25) is 9.59 Å². The Balaban J connectivity index is 2.10. The number of carbonyl (C=O) groups is 2. The highest BCUT2D eigenvalue weighted by Gasteiger charge is 2.55. The van der Waals surface area contributed by atoms with Gasteiger partial charge in [0.25, 0.3) is 0 Å². The summed E-state index contributed by atoms with van der Waals surface area (Å²) >= 11 is 8.89. The highest BCUT2D eigenvalue weighted by atomic mass is 35.5. The third-order valence-corrected chi connectivity index (χ3v) is 7.36. The van der Waals surface area contributed by atoms with Crippen LogP contribution in [-0.4, -0.2) is 32.9 Å². The van der Waals surface area contributed by atoms with Gasteiger partial charge in [0, 0.05) is 24.7 Å². The largest absolute Gasteiger partial charge is 0.335 e. The fraction of sp³-hybridized carbons (Fsp3) is 0.312. The highest BCUT2D eigenvalue weighted by molar-refractivity contribution is 8.28. The van der Waals surface area contributed by atoms with Crippen molar-refractivity contribution in [2.45, 2.75) is 25.1 Å². The van der Waals surface area contributed by atoms with Gasteiger partial charge >= 0.3 is 0 Å². The molecule has 1 spiro atoms. The number of thioether (sulfide) groups is 2. The molecule has 0 aliphatic carbocycles. The summed E-state index contributed by atoms with van der Waals surface area (Å²) in [5.41, 5.74) is 1.63. The molecule has 1 atom stereocenters. The highest BCUT2D eigenvalue weighted by Crippen LogP contribution is 2.58. The number of rotatable bonds is 3. The first-order valence-electron chi connectivity index (χ1n) is 7.25. The molecule has 2 aliphatic rings. The molecule has 1 aromatic carbocycles. The summed E-state index contributed by atoms with van der Waals surface area (Å²) in [5, 5.41) is 7.28. The van der Waals surface area contributed by atoms with Crippen LogP contribution in [0, 0.1) is 0 Å². The smallest absolute Gasteiger partial charge is 0.241 e. The molecule has 5 nitrogen and oxygen atoms in total. The minimum absolute atomic E-state index is 0.00384. The lowest BCUT2D eigenvalue weighted by Gasteiger charge is -2.39. The number of hydrogen-bond acceptors (Lipinski definition) is 7. The first kappa shape index (κ1) is 17.4. The SMILES string of the molecule is CC(=O)C1=NN(c2cccc(Cl)c2)[C@@]2(S1)SC(C(C)=O)=C(C)N2C. The average molecular weight is 382 g/mol. The van der Waals surface area contributed by atoms with E-state index in [1.807, 2.05) is 31.0 Å². The molecule has 0 saturated carbocycles. The molecule has 126 valence electrons. The van der Waals surface area contributed by atoms with Crippen molar-refractivity contribution < 1.29 is 9.59 Å². The van der Waals surface area contributed by atoms with Gasteiger partial charge in [0.15, 0.2) is 16.6 Å². The molecular weight excluding hydrogens is 366 g/mol. The number of anilines is 1. The number of halogens is 1. The van der Waals surface area contributed by atoms with E-state index in [0.29, 0.717) is 15.0 Å². The Bertz CT molecular complexity index is 808. The Hall–Kier alpha value is -1.44. The molecular formula is C16H16ClN3O2S2. The molecule has 0 amide bonds. The number of carbonyl (C=O) groups excluding carboxylic acids is 2. The molecule has 0 radical (unpaired) electrons. The molecule has 0 unspecified atom stereocenters. The van der Waals surface area contributed by atoms with Crippen LogP contribution in [0.2, 0.25) is 5.02 Å². The van der Waals surface area contributed by atoms with Crippen LogP contribution in [-0.2, 0) is 9.59 Å². The second kappa shape index (κ2) is 6.13. The summed E-state index contributed by atoms with van der Waals surface area (Å²) in [7, 11) is 1.90. The third-order valence-electron chi connectivity index (χ3n) is 3.85. The molecule has 0 N–H and O–H groups in total. The van der Waals surface area contributed by atoms with Crippen molar-refractivity contribution in [1.29, 1.82) is 0 Å². The molecule has 0 saturated heterocycles. The Morgan fingerprint density at radius 1 is 1.21 bits per heavy atom. The zero-order valence-electron chi connectivity index (χ0n) is 13.7. The van der Waals surface area contributed by atoms with E-state index in [1.54, 1.807) is 24.1 Å². The number of benzene rings is 1. The lowest BCUT2D eigenvalue weighted by molar-refractivity contribution is -0.113. The van der Waals surface area contributed by atoms with Crippen molar-refractivity contribution in [3.05, 3.63) is 39.9 Å². The third kappa shape index (κ3) is 2.64. The van der Waals surface area contributed by atoms with E-state index in [2.05, 4.69) is 5.10 Å². The van der Waals surface area contributed by atoms with Crippen LogP contribution in [0.1, 0.15) is 20.8 Å². The van der Waals surface area contributed by atoms with Gasteiger partial charge in [-0.2, -0.15) is 5.10 Å². The van der Waals surface area contributed by atoms with E-state index >= 15 is 0 Å². The quantitative estimate of drug-likeness (QED) is 0.791. The van der Waals surface area contributed by atoms with Gasteiger partial charge in [0.2, 0.25) is 4.33 Å². The number of hydrogen-bond donors (Lipinski definition) is 0. The minimum atomic E-state index is -0.739. The molecule has 2 aliphatic heterocycles. The Morgan fingerprint density at radius 3 is 2.46 bits per heavy atom. The molecule has 2 heterocycles. The zero-order chi connectivity index (χ0) is 17.6. The summed E-state index contributed by atoms with van der Waals surface area (Å²) in [6.07, 6.45) is 0. The van der Waals surface area contributed by atoms with Crippen LogP contribution in [0.3, 0.4) is 0 Å². The van der Waals surface area contributed by atoms with E-state index in [4.69, 9.17) is 11.6 Å². The van der Waals surface area contributed by atoms with Crippen LogP contribution in [0.25, 0.3) is 0 Å². The van der Waals surface area contributed by atoms with Gasteiger partial charge in [-0.15, -0.1) is 0 Å². The average Bonchev–Trinajstić information content (AvgIpc) is 3.02. The van der Waals surface area contributed by atoms with Crippen LogP contribution in [0.15, 0.2) is 40.0 Å². The van der Waals surface area contributed by atoms with E-state index in [1.165, 1.54) is 30.4 Å². The zero-order valence-corrected chi connectivity index (χ0v) is 16.1. The van der Waals surface area contributed by atoms with Crippen LogP contribution in [0.5, 0.6) is 0 Å². The van der Waals surface area contributed by atoms with Gasteiger partial charge in [0.1, 0.15) is 0 Å². The molecule has 0 fully saturated rings. The summed E-state index contributed by atoms with van der Waals surface area (Å²) in [6.45, 7) is 4.95. The van der Waals surface area contributed by atoms with Crippen molar-refractivity contribution in [2.24, 2.45) is 5.10 Å². The van der Waals surface area contributed by atoms with Gasteiger partial charge in [0.05, 0.1) is 10.6 Å². The first-order chi connectivity index (χ1) is 11.3. The standard InChI is InChI=1S/C16H16ClN3O2S2/c1-9-14(10(2)21)23-16(19(9)4)20(18-15(24-16)11(3)22)13-7-5-6-12(17)8-13/h5-8H,1-4H3/t16-/m1/s1. The molecule has 24 heavy (non-hydrogen) atoms. The van der Waals surface area contributed by atoms with Crippen molar-refractivity contribution in [3.8, 4) is 0 Å². The lowest BCUT2D eigenvalue weighted by atomic mass is 10.3. The van der Waals surface area contributed by atoms with Gasteiger partial charge in [-0.05, 0) is 43.8 Å². The maximum atomic E-state index is 12.0. The van der Waals surface area contributed by atoms with Crippen molar-refractivity contribution >= 4 is 57.4 Å². The van der Waals surface area contributed by atoms with Crippen molar-refractivity contribution in [2.75, 3.05) is 12.1 Å². The maximum absolute atomic E-state index is 12.0. The second-order valence-electron chi connectivity index (χ2n) is 5.54. The number of ketones is 2. The Kier molecular flexibility index (Phi) is 4.44. The van der Waals surface area contributed by atoms with Crippen LogP contribution in [0.4, 0.5) is 5.69 Å². The first-order valence-corrected chi connectivity index (χ1v) is 9.26. The molecule has 1 aromatic rings. The fourth-order valence-electron chi connectivity index (χ4n) is 2.56. The molecule has 0 aromatic heterocycles. The summed E-state index contributed by atoms with van der Waals surface area (Å²) < 4.78 is -0.739. The maximum Gasteiger partial charge on any atom is 0.241 e. The monoisotopic (exact) mass is 381 g/mol. The van der Waals surface area contributed by atoms with E-state index < -0.39 is 4.33 Å². The van der Waals surface area contributed by atoms with Crippen LogP contribution < -0.4 is 5.01 Å².